The van der Waals surface area contributed by atoms with E-state index in [9.17, 15) is 13.5 Å². The molecule has 0 amide bonds. The zero-order valence-electron chi connectivity index (χ0n) is 9.76. The maximum atomic E-state index is 12.3. The molecular formula is C13H16O3S. The van der Waals surface area contributed by atoms with Crippen molar-refractivity contribution in [1.82, 2.24) is 0 Å². The van der Waals surface area contributed by atoms with Crippen molar-refractivity contribution in [2.45, 2.75) is 36.3 Å². The minimum Gasteiger partial charge on any atom is -0.513 e. The number of aliphatic hydroxyl groups excluding tert-OH is 1. The number of benzene rings is 1. The second-order valence-corrected chi connectivity index (χ2v) is 6.61. The van der Waals surface area contributed by atoms with Crippen molar-refractivity contribution >= 4 is 9.84 Å². The van der Waals surface area contributed by atoms with Crippen LogP contribution in [0.2, 0.25) is 0 Å². The lowest BCUT2D eigenvalue weighted by molar-refractivity contribution is 0.368. The first-order chi connectivity index (χ1) is 8.00. The molecule has 1 N–H and O–H groups in total. The summed E-state index contributed by atoms with van der Waals surface area (Å²) < 4.78 is 24.6. The smallest absolute Gasteiger partial charge is 0.184 e. The van der Waals surface area contributed by atoms with Crippen molar-refractivity contribution in [2.24, 2.45) is 0 Å². The Morgan fingerprint density at radius 1 is 1.24 bits per heavy atom. The fourth-order valence-electron chi connectivity index (χ4n) is 2.01. The molecule has 0 heterocycles. The lowest BCUT2D eigenvalue weighted by atomic mass is 10.1. The molecule has 2 rings (SSSR count). The molecule has 0 spiro atoms. The molecule has 1 aromatic rings. The first-order valence-electron chi connectivity index (χ1n) is 5.70. The summed E-state index contributed by atoms with van der Waals surface area (Å²) in [6.45, 7) is 1.92. The Labute approximate surface area is 102 Å². The summed E-state index contributed by atoms with van der Waals surface area (Å²) in [6, 6.07) is 6.84. The zero-order chi connectivity index (χ0) is 12.5. The standard InChI is InChI=1S/C13H16O3S/c1-10-5-7-12(8-6-10)17(15,16)13-4-2-3-11(14)9-13/h5-9,13-14H,2-4H2,1H3/t13-/m1/s1. The molecule has 1 atom stereocenters. The lowest BCUT2D eigenvalue weighted by Gasteiger charge is -2.18. The van der Waals surface area contributed by atoms with Gasteiger partial charge in [0.1, 0.15) is 0 Å². The molecule has 0 radical (unpaired) electrons. The van der Waals surface area contributed by atoms with Crippen molar-refractivity contribution in [3.63, 3.8) is 0 Å². The van der Waals surface area contributed by atoms with Crippen molar-refractivity contribution < 1.29 is 13.5 Å². The number of hydrogen-bond acceptors (Lipinski definition) is 3. The second kappa shape index (κ2) is 4.53. The van der Waals surface area contributed by atoms with Gasteiger partial charge < -0.3 is 5.11 Å². The van der Waals surface area contributed by atoms with Gasteiger partial charge >= 0.3 is 0 Å². The average Bonchev–Trinajstić information content (AvgIpc) is 2.29. The van der Waals surface area contributed by atoms with Gasteiger partial charge in [0.15, 0.2) is 9.84 Å². The van der Waals surface area contributed by atoms with Gasteiger partial charge in [-0.1, -0.05) is 17.7 Å². The van der Waals surface area contributed by atoms with Crippen LogP contribution < -0.4 is 0 Å². The van der Waals surface area contributed by atoms with Gasteiger partial charge in [-0.15, -0.1) is 0 Å². The number of aliphatic hydroxyl groups is 1. The van der Waals surface area contributed by atoms with E-state index in [4.69, 9.17) is 0 Å². The maximum Gasteiger partial charge on any atom is 0.184 e. The van der Waals surface area contributed by atoms with Crippen LogP contribution in [0.4, 0.5) is 0 Å². The highest BCUT2D eigenvalue weighted by atomic mass is 32.2. The number of allylic oxidation sites excluding steroid dienone is 1. The van der Waals surface area contributed by atoms with Crippen molar-refractivity contribution in [1.29, 1.82) is 0 Å². The van der Waals surface area contributed by atoms with Gasteiger partial charge in [-0.05, 0) is 38.0 Å². The highest BCUT2D eigenvalue weighted by Crippen LogP contribution is 2.26. The molecule has 92 valence electrons. The van der Waals surface area contributed by atoms with Gasteiger partial charge in [-0.3, -0.25) is 0 Å². The third-order valence-electron chi connectivity index (χ3n) is 3.05. The largest absolute Gasteiger partial charge is 0.513 e. The summed E-state index contributed by atoms with van der Waals surface area (Å²) in [5.74, 6) is 0.192. The first kappa shape index (κ1) is 12.2. The van der Waals surface area contributed by atoms with Gasteiger partial charge in [0.25, 0.3) is 0 Å². The van der Waals surface area contributed by atoms with Crippen molar-refractivity contribution in [2.75, 3.05) is 0 Å². The van der Waals surface area contributed by atoms with E-state index in [2.05, 4.69) is 0 Å². The predicted molar refractivity (Wildman–Crippen MR) is 66.7 cm³/mol. The van der Waals surface area contributed by atoms with Gasteiger partial charge in [0.05, 0.1) is 15.9 Å². The second-order valence-electron chi connectivity index (χ2n) is 4.45. The molecular weight excluding hydrogens is 236 g/mol. The van der Waals surface area contributed by atoms with Crippen LogP contribution >= 0.6 is 0 Å². The highest BCUT2D eigenvalue weighted by Gasteiger charge is 2.28. The molecule has 1 aliphatic carbocycles. The fourth-order valence-corrected chi connectivity index (χ4v) is 3.69. The van der Waals surface area contributed by atoms with Crippen LogP contribution in [-0.4, -0.2) is 18.8 Å². The minimum absolute atomic E-state index is 0.192. The van der Waals surface area contributed by atoms with Crippen LogP contribution in [0.15, 0.2) is 41.0 Å². The first-order valence-corrected chi connectivity index (χ1v) is 7.25. The maximum absolute atomic E-state index is 12.3. The lowest BCUT2D eigenvalue weighted by Crippen LogP contribution is -2.22. The molecule has 0 fully saturated rings. The van der Waals surface area contributed by atoms with Crippen LogP contribution in [0.1, 0.15) is 24.8 Å². The van der Waals surface area contributed by atoms with E-state index in [0.29, 0.717) is 17.7 Å². The molecule has 4 heteroatoms. The summed E-state index contributed by atoms with van der Waals surface area (Å²) in [5, 5.41) is 8.85. The molecule has 0 saturated heterocycles. The summed E-state index contributed by atoms with van der Waals surface area (Å²) in [6.07, 6.45) is 3.36. The average molecular weight is 252 g/mol. The molecule has 0 aromatic heterocycles. The minimum atomic E-state index is -3.35. The number of hydrogen-bond donors (Lipinski definition) is 1. The van der Waals surface area contributed by atoms with E-state index < -0.39 is 15.1 Å². The highest BCUT2D eigenvalue weighted by molar-refractivity contribution is 7.92. The normalized spacial score (nSPS) is 21.0. The third kappa shape index (κ3) is 2.52. The van der Waals surface area contributed by atoms with Crippen LogP contribution in [0.25, 0.3) is 0 Å². The van der Waals surface area contributed by atoms with Gasteiger partial charge in [-0.25, -0.2) is 8.42 Å². The van der Waals surface area contributed by atoms with Crippen LogP contribution in [0, 0.1) is 6.92 Å². The van der Waals surface area contributed by atoms with Gasteiger partial charge in [-0.2, -0.15) is 0 Å². The van der Waals surface area contributed by atoms with E-state index in [0.717, 1.165) is 12.0 Å². The topological polar surface area (TPSA) is 54.4 Å². The Morgan fingerprint density at radius 2 is 1.88 bits per heavy atom. The van der Waals surface area contributed by atoms with Crippen LogP contribution in [0.3, 0.4) is 0 Å². The Balaban J connectivity index is 2.36. The van der Waals surface area contributed by atoms with E-state index in [-0.39, 0.29) is 5.76 Å². The zero-order valence-corrected chi connectivity index (χ0v) is 10.6. The quantitative estimate of drug-likeness (QED) is 0.880. The van der Waals surface area contributed by atoms with E-state index in [1.54, 1.807) is 24.3 Å². The molecule has 0 saturated carbocycles. The third-order valence-corrected chi connectivity index (χ3v) is 5.15. The predicted octanol–water partition coefficient (Wildman–Crippen LogP) is 2.76. The van der Waals surface area contributed by atoms with Crippen LogP contribution in [0.5, 0.6) is 0 Å². The molecule has 3 nitrogen and oxygen atoms in total. The Hall–Kier alpha value is -1.29. The van der Waals surface area contributed by atoms with Crippen molar-refractivity contribution in [3.05, 3.63) is 41.7 Å². The molecule has 1 aliphatic rings. The van der Waals surface area contributed by atoms with E-state index >= 15 is 0 Å². The van der Waals surface area contributed by atoms with Gasteiger partial charge in [0, 0.05) is 6.42 Å². The monoisotopic (exact) mass is 252 g/mol. The Kier molecular flexibility index (Phi) is 3.24. The fraction of sp³-hybridized carbons (Fsp3) is 0.385. The summed E-state index contributed by atoms with van der Waals surface area (Å²) >= 11 is 0. The Bertz CT molecular complexity index is 526. The van der Waals surface area contributed by atoms with E-state index in [1.807, 2.05) is 6.92 Å². The number of rotatable bonds is 2. The number of sulfone groups is 1. The van der Waals surface area contributed by atoms with Gasteiger partial charge in [0.2, 0.25) is 0 Å². The van der Waals surface area contributed by atoms with Crippen molar-refractivity contribution in [3.8, 4) is 0 Å². The van der Waals surface area contributed by atoms with E-state index in [1.165, 1.54) is 6.08 Å². The summed E-state index contributed by atoms with van der Waals surface area (Å²) in [5.41, 5.74) is 1.03. The molecule has 1 aromatic carbocycles. The number of aryl methyl sites for hydroxylation is 1. The molecule has 0 aliphatic heterocycles. The molecule has 0 bridgehead atoms. The molecule has 0 unspecified atom stereocenters. The summed E-state index contributed by atoms with van der Waals surface area (Å²) in [4.78, 5) is 0.332. The molecule has 17 heavy (non-hydrogen) atoms. The van der Waals surface area contributed by atoms with Crippen LogP contribution in [-0.2, 0) is 9.84 Å². The summed E-state index contributed by atoms with van der Waals surface area (Å²) in [7, 11) is -3.35. The SMILES string of the molecule is Cc1ccc(S(=O)(=O)[C@H]2C=C(O)CCC2)cc1. The Morgan fingerprint density at radius 3 is 2.47 bits per heavy atom.